The van der Waals surface area contributed by atoms with Gasteiger partial charge < -0.3 is 10.2 Å². The lowest BCUT2D eigenvalue weighted by atomic mass is 10.1. The smallest absolute Gasteiger partial charge is 0.264 e. The summed E-state index contributed by atoms with van der Waals surface area (Å²) in [6, 6.07) is 18.9. The number of nitrogens with zero attached hydrogens (tertiary/aromatic N) is 2. The number of halogens is 2. The van der Waals surface area contributed by atoms with Gasteiger partial charge in [-0.25, -0.2) is 8.42 Å². The maximum absolute atomic E-state index is 14.1. The Morgan fingerprint density at radius 1 is 0.875 bits per heavy atom. The molecule has 0 saturated carbocycles. The van der Waals surface area contributed by atoms with Crippen LogP contribution in [0.1, 0.15) is 45.2 Å². The third kappa shape index (κ3) is 7.56. The Morgan fingerprint density at radius 2 is 1.48 bits per heavy atom. The molecule has 0 radical (unpaired) electrons. The Labute approximate surface area is 247 Å². The van der Waals surface area contributed by atoms with Crippen LogP contribution in [0.2, 0.25) is 10.0 Å². The number of benzene rings is 3. The van der Waals surface area contributed by atoms with Gasteiger partial charge in [0.1, 0.15) is 12.6 Å². The highest BCUT2D eigenvalue weighted by Gasteiger charge is 2.34. The van der Waals surface area contributed by atoms with Crippen LogP contribution in [0.4, 0.5) is 5.69 Å². The summed E-state index contributed by atoms with van der Waals surface area (Å²) in [6.45, 7) is 6.85. The highest BCUT2D eigenvalue weighted by molar-refractivity contribution is 7.92. The van der Waals surface area contributed by atoms with Crippen molar-refractivity contribution in [2.75, 3.05) is 10.8 Å². The number of carbonyl (C=O) groups excluding carboxylic acids is 2. The number of nitrogens with one attached hydrogen (secondary N) is 1. The fourth-order valence-electron chi connectivity index (χ4n) is 4.30. The SMILES string of the molecule is CCc1ccc(N(CC(=O)N(Cc2c(Cl)cccc2Cl)C(CC)C(=O)NC(C)C)S(=O)(=O)c2ccccc2)cc1. The number of amides is 2. The largest absolute Gasteiger partial charge is 0.352 e. The molecule has 2 amide bonds. The summed E-state index contributed by atoms with van der Waals surface area (Å²) in [5.74, 6) is -0.917. The fraction of sp³-hybridized carbons (Fsp3) is 0.333. The van der Waals surface area contributed by atoms with E-state index >= 15 is 0 Å². The third-order valence-electron chi connectivity index (χ3n) is 6.45. The van der Waals surface area contributed by atoms with Gasteiger partial charge in [-0.1, -0.05) is 73.4 Å². The zero-order chi connectivity index (χ0) is 29.4. The molecule has 3 aromatic rings. The van der Waals surface area contributed by atoms with Crippen molar-refractivity contribution in [3.05, 3.63) is 94.0 Å². The van der Waals surface area contributed by atoms with Crippen LogP contribution in [-0.4, -0.2) is 43.8 Å². The molecule has 0 aromatic heterocycles. The molecule has 1 atom stereocenters. The lowest BCUT2D eigenvalue weighted by molar-refractivity contribution is -0.140. The molecule has 1 N–H and O–H groups in total. The molecule has 0 aliphatic heterocycles. The van der Waals surface area contributed by atoms with E-state index in [1.54, 1.807) is 55.5 Å². The van der Waals surface area contributed by atoms with Crippen LogP contribution in [0.15, 0.2) is 77.7 Å². The summed E-state index contributed by atoms with van der Waals surface area (Å²) in [5, 5.41) is 3.55. The Kier molecular flexibility index (Phi) is 11.0. The van der Waals surface area contributed by atoms with Crippen LogP contribution in [0, 0.1) is 0 Å². The zero-order valence-corrected chi connectivity index (χ0v) is 25.4. The molecule has 0 aliphatic carbocycles. The van der Waals surface area contributed by atoms with Crippen molar-refractivity contribution in [2.45, 2.75) is 64.1 Å². The van der Waals surface area contributed by atoms with Crippen molar-refractivity contribution in [1.29, 1.82) is 0 Å². The van der Waals surface area contributed by atoms with Gasteiger partial charge in [0.05, 0.1) is 10.6 Å². The van der Waals surface area contributed by atoms with E-state index in [1.807, 2.05) is 32.9 Å². The standard InChI is InChI=1S/C30H35Cl2N3O4S/c1-5-22-15-17-23(18-16-22)35(40(38,39)24-11-8-7-9-12-24)20-29(36)34(28(6-2)30(37)33-21(3)4)19-25-26(31)13-10-14-27(25)32/h7-18,21,28H,5-6,19-20H2,1-4H3,(H,33,37). The van der Waals surface area contributed by atoms with Crippen molar-refractivity contribution >= 4 is 50.7 Å². The second-order valence-electron chi connectivity index (χ2n) is 9.65. The van der Waals surface area contributed by atoms with Crippen molar-refractivity contribution in [3.63, 3.8) is 0 Å². The zero-order valence-electron chi connectivity index (χ0n) is 23.1. The first-order valence-corrected chi connectivity index (χ1v) is 15.4. The first-order valence-electron chi connectivity index (χ1n) is 13.2. The maximum Gasteiger partial charge on any atom is 0.264 e. The van der Waals surface area contributed by atoms with E-state index in [0.29, 0.717) is 27.7 Å². The number of aryl methyl sites for hydroxylation is 1. The molecule has 0 bridgehead atoms. The Hall–Kier alpha value is -3.07. The summed E-state index contributed by atoms with van der Waals surface area (Å²) < 4.78 is 28.8. The number of carbonyl (C=O) groups is 2. The van der Waals surface area contributed by atoms with E-state index in [4.69, 9.17) is 23.2 Å². The minimum absolute atomic E-state index is 0.0488. The number of sulfonamides is 1. The van der Waals surface area contributed by atoms with Crippen LogP contribution in [0.5, 0.6) is 0 Å². The lowest BCUT2D eigenvalue weighted by Crippen LogP contribution is -2.53. The average Bonchev–Trinajstić information content (AvgIpc) is 2.93. The minimum atomic E-state index is -4.13. The van der Waals surface area contributed by atoms with Crippen LogP contribution < -0.4 is 9.62 Å². The monoisotopic (exact) mass is 603 g/mol. The van der Waals surface area contributed by atoms with Crippen LogP contribution in [0.25, 0.3) is 0 Å². The molecule has 0 saturated heterocycles. The van der Waals surface area contributed by atoms with Gasteiger partial charge in [-0.05, 0) is 68.7 Å². The molecule has 3 rings (SSSR count). The normalized spacial score (nSPS) is 12.2. The molecule has 0 fully saturated rings. The summed E-state index contributed by atoms with van der Waals surface area (Å²) in [6.07, 6.45) is 1.07. The number of rotatable bonds is 12. The van der Waals surface area contributed by atoms with Crippen molar-refractivity contribution in [2.24, 2.45) is 0 Å². The summed E-state index contributed by atoms with van der Waals surface area (Å²) in [4.78, 5) is 28.7. The molecule has 10 heteroatoms. The van der Waals surface area contributed by atoms with Gasteiger partial charge >= 0.3 is 0 Å². The molecule has 214 valence electrons. The number of hydrogen-bond donors (Lipinski definition) is 1. The van der Waals surface area contributed by atoms with Gasteiger partial charge in [0.25, 0.3) is 10.0 Å². The second kappa shape index (κ2) is 14.0. The van der Waals surface area contributed by atoms with E-state index < -0.39 is 28.5 Å². The van der Waals surface area contributed by atoms with Gasteiger partial charge in [-0.3, -0.25) is 13.9 Å². The fourth-order valence-corrected chi connectivity index (χ4v) is 6.25. The summed E-state index contributed by atoms with van der Waals surface area (Å²) in [7, 11) is -4.13. The Bertz CT molecular complexity index is 1390. The molecule has 0 spiro atoms. The summed E-state index contributed by atoms with van der Waals surface area (Å²) in [5.41, 5.74) is 1.84. The van der Waals surface area contributed by atoms with Gasteiger partial charge in [0, 0.05) is 28.2 Å². The van der Waals surface area contributed by atoms with Crippen LogP contribution in [0.3, 0.4) is 0 Å². The topological polar surface area (TPSA) is 86.8 Å². The quantitative estimate of drug-likeness (QED) is 0.272. The van der Waals surface area contributed by atoms with Gasteiger partial charge in [0.15, 0.2) is 0 Å². The molecular formula is C30H35Cl2N3O4S. The van der Waals surface area contributed by atoms with Gasteiger partial charge in [-0.15, -0.1) is 0 Å². The highest BCUT2D eigenvalue weighted by atomic mass is 35.5. The predicted molar refractivity (Wildman–Crippen MR) is 161 cm³/mol. The molecule has 1 unspecified atom stereocenters. The molecule has 7 nitrogen and oxygen atoms in total. The first kappa shape index (κ1) is 31.5. The summed E-state index contributed by atoms with van der Waals surface area (Å²) >= 11 is 12.9. The Morgan fingerprint density at radius 3 is 2.00 bits per heavy atom. The average molecular weight is 605 g/mol. The van der Waals surface area contributed by atoms with Crippen LogP contribution in [-0.2, 0) is 32.6 Å². The van der Waals surface area contributed by atoms with Gasteiger partial charge in [-0.2, -0.15) is 0 Å². The van der Waals surface area contributed by atoms with Crippen molar-refractivity contribution in [3.8, 4) is 0 Å². The van der Waals surface area contributed by atoms with Crippen molar-refractivity contribution < 1.29 is 18.0 Å². The maximum atomic E-state index is 14.1. The van der Waals surface area contributed by atoms with E-state index in [2.05, 4.69) is 5.32 Å². The number of anilines is 1. The predicted octanol–water partition coefficient (Wildman–Crippen LogP) is 6.08. The number of hydrogen-bond acceptors (Lipinski definition) is 4. The van der Waals surface area contributed by atoms with E-state index in [-0.39, 0.29) is 23.4 Å². The van der Waals surface area contributed by atoms with E-state index in [0.717, 1.165) is 16.3 Å². The van der Waals surface area contributed by atoms with Crippen LogP contribution >= 0.6 is 23.2 Å². The van der Waals surface area contributed by atoms with E-state index in [9.17, 15) is 18.0 Å². The molecule has 40 heavy (non-hydrogen) atoms. The second-order valence-corrected chi connectivity index (χ2v) is 12.3. The highest BCUT2D eigenvalue weighted by Crippen LogP contribution is 2.29. The third-order valence-corrected chi connectivity index (χ3v) is 8.95. The van der Waals surface area contributed by atoms with E-state index in [1.165, 1.54) is 17.0 Å². The van der Waals surface area contributed by atoms with Crippen molar-refractivity contribution in [1.82, 2.24) is 10.2 Å². The van der Waals surface area contributed by atoms with Gasteiger partial charge in [0.2, 0.25) is 11.8 Å². The Balaban J connectivity index is 2.09. The minimum Gasteiger partial charge on any atom is -0.352 e. The first-order chi connectivity index (χ1) is 19.0. The molecule has 3 aromatic carbocycles. The molecular weight excluding hydrogens is 569 g/mol. The lowest BCUT2D eigenvalue weighted by Gasteiger charge is -2.34. The molecule has 0 heterocycles. The molecule has 0 aliphatic rings.